The van der Waals surface area contributed by atoms with Crippen LogP contribution in [0.25, 0.3) is 10.1 Å². The Morgan fingerprint density at radius 3 is 3.00 bits per heavy atom. The molecule has 0 aromatic carbocycles. The van der Waals surface area contributed by atoms with Crippen LogP contribution in [-0.2, 0) is 0 Å². The second-order valence-electron chi connectivity index (χ2n) is 2.52. The molecule has 0 fully saturated rings. The number of carboxylic acids is 1. The van der Waals surface area contributed by atoms with E-state index in [2.05, 4.69) is 4.98 Å². The van der Waals surface area contributed by atoms with Crippen LogP contribution in [0.1, 0.15) is 9.67 Å². The lowest BCUT2D eigenvalue weighted by atomic mass is 10.2. The molecule has 5 heteroatoms. The summed E-state index contributed by atoms with van der Waals surface area (Å²) in [5.41, 5.74) is 5.97. The normalized spacial score (nSPS) is 10.5. The van der Waals surface area contributed by atoms with Gasteiger partial charge in [-0.3, -0.25) is 4.98 Å². The second kappa shape index (κ2) is 2.70. The molecule has 0 spiro atoms. The van der Waals surface area contributed by atoms with Crippen LogP contribution < -0.4 is 5.73 Å². The summed E-state index contributed by atoms with van der Waals surface area (Å²) < 4.78 is 0.803. The molecule has 0 unspecified atom stereocenters. The van der Waals surface area contributed by atoms with E-state index in [1.54, 1.807) is 18.5 Å². The number of pyridine rings is 1. The fourth-order valence-electron chi connectivity index (χ4n) is 1.13. The summed E-state index contributed by atoms with van der Waals surface area (Å²) in [6.07, 6.45) is 3.21. The van der Waals surface area contributed by atoms with Crippen molar-refractivity contribution in [3.05, 3.63) is 23.3 Å². The molecule has 0 radical (unpaired) electrons. The van der Waals surface area contributed by atoms with Crippen molar-refractivity contribution in [2.24, 2.45) is 0 Å². The van der Waals surface area contributed by atoms with Gasteiger partial charge in [-0.1, -0.05) is 0 Å². The summed E-state index contributed by atoms with van der Waals surface area (Å²) in [7, 11) is 0. The van der Waals surface area contributed by atoms with Gasteiger partial charge in [-0.15, -0.1) is 11.3 Å². The van der Waals surface area contributed by atoms with Crippen LogP contribution in [0.4, 0.5) is 5.69 Å². The van der Waals surface area contributed by atoms with Gasteiger partial charge in [-0.05, 0) is 6.07 Å². The first-order chi connectivity index (χ1) is 6.20. The number of anilines is 1. The summed E-state index contributed by atoms with van der Waals surface area (Å²) in [4.78, 5) is 14.8. The van der Waals surface area contributed by atoms with Crippen LogP contribution in [0.5, 0.6) is 0 Å². The molecule has 0 aliphatic rings. The number of aromatic nitrogens is 1. The Balaban J connectivity index is 2.81. The van der Waals surface area contributed by atoms with Gasteiger partial charge < -0.3 is 10.8 Å². The Kier molecular flexibility index (Phi) is 1.66. The minimum atomic E-state index is -0.987. The third-order valence-corrected chi connectivity index (χ3v) is 2.87. The molecular weight excluding hydrogens is 188 g/mol. The lowest BCUT2D eigenvalue weighted by Gasteiger charge is -1.90. The van der Waals surface area contributed by atoms with Gasteiger partial charge in [0.15, 0.2) is 0 Å². The minimum absolute atomic E-state index is 0.183. The minimum Gasteiger partial charge on any atom is -0.477 e. The van der Waals surface area contributed by atoms with E-state index in [4.69, 9.17) is 10.8 Å². The molecule has 3 N–H and O–H groups in total. The van der Waals surface area contributed by atoms with Gasteiger partial charge >= 0.3 is 5.97 Å². The number of fused-ring (bicyclic) bond motifs is 1. The van der Waals surface area contributed by atoms with E-state index in [0.717, 1.165) is 21.4 Å². The molecule has 0 amide bonds. The smallest absolute Gasteiger partial charge is 0.348 e. The molecule has 13 heavy (non-hydrogen) atoms. The fraction of sp³-hybridized carbons (Fsp3) is 0. The van der Waals surface area contributed by atoms with Crippen LogP contribution in [-0.4, -0.2) is 16.1 Å². The lowest BCUT2D eigenvalue weighted by molar-refractivity contribution is 0.0703. The molecule has 2 aromatic heterocycles. The van der Waals surface area contributed by atoms with Crippen molar-refractivity contribution < 1.29 is 9.90 Å². The number of nitrogen functional groups attached to an aromatic ring is 1. The number of carboxylic acid groups (broad SMARTS) is 1. The number of thiophene rings is 1. The summed E-state index contributed by atoms with van der Waals surface area (Å²) in [6.45, 7) is 0. The SMILES string of the molecule is Nc1c(C(=O)O)sc2cnccc12. The predicted molar refractivity (Wildman–Crippen MR) is 51.0 cm³/mol. The Labute approximate surface area is 77.6 Å². The standard InChI is InChI=1S/C8H6N2O2S/c9-6-4-1-2-10-3-5(4)13-7(6)8(11)12/h1-3H,9H2,(H,11,12). The van der Waals surface area contributed by atoms with Crippen molar-refractivity contribution in [2.45, 2.75) is 0 Å². The topological polar surface area (TPSA) is 76.2 Å². The van der Waals surface area contributed by atoms with E-state index in [1.807, 2.05) is 0 Å². The Morgan fingerprint density at radius 1 is 1.62 bits per heavy atom. The first-order valence-corrected chi connectivity index (χ1v) is 4.37. The van der Waals surface area contributed by atoms with E-state index < -0.39 is 5.97 Å². The quantitative estimate of drug-likeness (QED) is 0.722. The number of nitrogens with zero attached hydrogens (tertiary/aromatic N) is 1. The second-order valence-corrected chi connectivity index (χ2v) is 3.57. The monoisotopic (exact) mass is 194 g/mol. The highest BCUT2D eigenvalue weighted by atomic mass is 32.1. The average molecular weight is 194 g/mol. The zero-order valence-corrected chi connectivity index (χ0v) is 7.34. The highest BCUT2D eigenvalue weighted by Gasteiger charge is 2.14. The van der Waals surface area contributed by atoms with Crippen LogP contribution in [0, 0.1) is 0 Å². The van der Waals surface area contributed by atoms with Crippen molar-refractivity contribution in [1.82, 2.24) is 4.98 Å². The van der Waals surface area contributed by atoms with E-state index >= 15 is 0 Å². The first-order valence-electron chi connectivity index (χ1n) is 3.55. The molecule has 66 valence electrons. The summed E-state index contributed by atoms with van der Waals surface area (Å²) in [6, 6.07) is 1.72. The molecule has 0 bridgehead atoms. The lowest BCUT2D eigenvalue weighted by Crippen LogP contribution is -1.96. The fourth-order valence-corrected chi connectivity index (χ4v) is 2.06. The Bertz CT molecular complexity index is 478. The Hall–Kier alpha value is -1.62. The van der Waals surface area contributed by atoms with Crippen molar-refractivity contribution >= 4 is 33.1 Å². The van der Waals surface area contributed by atoms with Crippen molar-refractivity contribution in [3.8, 4) is 0 Å². The number of hydrogen-bond donors (Lipinski definition) is 2. The number of rotatable bonds is 1. The van der Waals surface area contributed by atoms with Crippen molar-refractivity contribution in [3.63, 3.8) is 0 Å². The Morgan fingerprint density at radius 2 is 2.38 bits per heavy atom. The summed E-state index contributed by atoms with van der Waals surface area (Å²) in [5, 5.41) is 9.54. The zero-order valence-electron chi connectivity index (χ0n) is 6.52. The maximum Gasteiger partial charge on any atom is 0.348 e. The van der Waals surface area contributed by atoms with Gasteiger partial charge in [0, 0.05) is 17.8 Å². The molecule has 0 aliphatic heterocycles. The van der Waals surface area contributed by atoms with Gasteiger partial charge in [0.2, 0.25) is 0 Å². The van der Waals surface area contributed by atoms with Crippen LogP contribution >= 0.6 is 11.3 Å². The predicted octanol–water partition coefficient (Wildman–Crippen LogP) is 1.58. The molecule has 0 atom stereocenters. The summed E-state index contributed by atoms with van der Waals surface area (Å²) >= 11 is 1.14. The maximum absolute atomic E-state index is 10.7. The van der Waals surface area contributed by atoms with E-state index in [-0.39, 0.29) is 4.88 Å². The van der Waals surface area contributed by atoms with Crippen LogP contribution in [0.2, 0.25) is 0 Å². The molecular formula is C8H6N2O2S. The van der Waals surface area contributed by atoms with E-state index in [1.165, 1.54) is 0 Å². The molecule has 2 aromatic rings. The third-order valence-electron chi connectivity index (χ3n) is 1.73. The number of nitrogens with two attached hydrogens (primary N) is 1. The largest absolute Gasteiger partial charge is 0.477 e. The summed E-state index contributed by atoms with van der Waals surface area (Å²) in [5.74, 6) is -0.987. The average Bonchev–Trinajstić information content (AvgIpc) is 2.45. The molecule has 0 aliphatic carbocycles. The van der Waals surface area contributed by atoms with Gasteiger partial charge in [0.05, 0.1) is 10.4 Å². The van der Waals surface area contributed by atoms with Crippen molar-refractivity contribution in [1.29, 1.82) is 0 Å². The van der Waals surface area contributed by atoms with Gasteiger partial charge in [-0.2, -0.15) is 0 Å². The molecule has 0 saturated heterocycles. The van der Waals surface area contributed by atoms with Crippen LogP contribution in [0.3, 0.4) is 0 Å². The molecule has 4 nitrogen and oxygen atoms in total. The molecule has 2 rings (SSSR count). The van der Waals surface area contributed by atoms with Gasteiger partial charge in [-0.25, -0.2) is 4.79 Å². The first kappa shape index (κ1) is 8.00. The van der Waals surface area contributed by atoms with E-state index in [0.29, 0.717) is 5.69 Å². The molecule has 2 heterocycles. The highest BCUT2D eigenvalue weighted by molar-refractivity contribution is 7.21. The highest BCUT2D eigenvalue weighted by Crippen LogP contribution is 2.32. The number of carbonyl (C=O) groups is 1. The van der Waals surface area contributed by atoms with Crippen LogP contribution in [0.15, 0.2) is 18.5 Å². The third kappa shape index (κ3) is 1.13. The maximum atomic E-state index is 10.7. The number of aromatic carboxylic acids is 1. The van der Waals surface area contributed by atoms with Gasteiger partial charge in [0.1, 0.15) is 4.88 Å². The number of hydrogen-bond acceptors (Lipinski definition) is 4. The van der Waals surface area contributed by atoms with Crippen molar-refractivity contribution in [2.75, 3.05) is 5.73 Å². The van der Waals surface area contributed by atoms with E-state index in [9.17, 15) is 4.79 Å². The zero-order chi connectivity index (χ0) is 9.42. The van der Waals surface area contributed by atoms with Gasteiger partial charge in [0.25, 0.3) is 0 Å². The molecule has 0 saturated carbocycles.